The van der Waals surface area contributed by atoms with Crippen molar-refractivity contribution in [1.82, 2.24) is 4.98 Å². The van der Waals surface area contributed by atoms with Gasteiger partial charge in [0.05, 0.1) is 11.1 Å². The van der Waals surface area contributed by atoms with Crippen LogP contribution in [-0.4, -0.2) is 10.1 Å². The first kappa shape index (κ1) is 13.6. The van der Waals surface area contributed by atoms with E-state index in [4.69, 9.17) is 34.8 Å². The molecule has 2 rings (SSSR count). The summed E-state index contributed by atoms with van der Waals surface area (Å²) in [5.41, 5.74) is 1.41. The van der Waals surface area contributed by atoms with Crippen molar-refractivity contribution in [3.8, 4) is 0 Å². The van der Waals surface area contributed by atoms with E-state index in [0.717, 1.165) is 5.56 Å². The van der Waals surface area contributed by atoms with Gasteiger partial charge >= 0.3 is 0 Å². The molecule has 0 saturated heterocycles. The summed E-state index contributed by atoms with van der Waals surface area (Å²) < 4.78 is 0. The minimum atomic E-state index is -0.754. The zero-order chi connectivity index (χ0) is 13.1. The molecule has 0 aliphatic heterocycles. The molecule has 0 fully saturated rings. The zero-order valence-electron chi connectivity index (χ0n) is 9.28. The smallest absolute Gasteiger partial charge is 0.0845 e. The van der Waals surface area contributed by atoms with Crippen molar-refractivity contribution < 1.29 is 5.11 Å². The van der Waals surface area contributed by atoms with Gasteiger partial charge in [-0.1, -0.05) is 34.8 Å². The lowest BCUT2D eigenvalue weighted by Gasteiger charge is -2.13. The van der Waals surface area contributed by atoms with Gasteiger partial charge in [-0.05, 0) is 29.8 Å². The van der Waals surface area contributed by atoms with Crippen LogP contribution in [0.1, 0.15) is 17.2 Å². The van der Waals surface area contributed by atoms with E-state index < -0.39 is 6.10 Å². The summed E-state index contributed by atoms with van der Waals surface area (Å²) in [4.78, 5) is 3.90. The number of nitrogens with zero attached hydrogens (tertiary/aromatic N) is 1. The number of rotatable bonds is 3. The van der Waals surface area contributed by atoms with Crippen LogP contribution in [0.2, 0.25) is 15.1 Å². The second-order valence-corrected chi connectivity index (χ2v) is 5.10. The second kappa shape index (κ2) is 5.89. The predicted molar refractivity (Wildman–Crippen MR) is 74.4 cm³/mol. The van der Waals surface area contributed by atoms with Gasteiger partial charge in [-0.15, -0.1) is 0 Å². The van der Waals surface area contributed by atoms with Crippen LogP contribution in [0, 0.1) is 0 Å². The topological polar surface area (TPSA) is 33.1 Å². The first-order chi connectivity index (χ1) is 8.58. The van der Waals surface area contributed by atoms with Gasteiger partial charge in [-0.2, -0.15) is 0 Å². The predicted octanol–water partition coefficient (Wildman–Crippen LogP) is 4.32. The Morgan fingerprint density at radius 2 is 1.89 bits per heavy atom. The van der Waals surface area contributed by atoms with E-state index in [0.29, 0.717) is 27.1 Å². The number of aromatic nitrogens is 1. The molecular formula is C13H10Cl3NO. The number of aliphatic hydroxyl groups excluding tert-OH is 1. The Bertz CT molecular complexity index is 560. The molecule has 0 spiro atoms. The van der Waals surface area contributed by atoms with Crippen molar-refractivity contribution in [2.75, 3.05) is 0 Å². The van der Waals surface area contributed by atoms with Crippen LogP contribution in [-0.2, 0) is 6.42 Å². The van der Waals surface area contributed by atoms with Gasteiger partial charge in [0.25, 0.3) is 0 Å². The monoisotopic (exact) mass is 301 g/mol. The Kier molecular flexibility index (Phi) is 4.46. The maximum Gasteiger partial charge on any atom is 0.0845 e. The van der Waals surface area contributed by atoms with Gasteiger partial charge in [0, 0.05) is 34.4 Å². The molecule has 0 bridgehead atoms. The van der Waals surface area contributed by atoms with Gasteiger partial charge in [0.15, 0.2) is 0 Å². The van der Waals surface area contributed by atoms with Crippen molar-refractivity contribution >= 4 is 34.8 Å². The van der Waals surface area contributed by atoms with E-state index >= 15 is 0 Å². The maximum absolute atomic E-state index is 10.2. The second-order valence-electron chi connectivity index (χ2n) is 3.85. The van der Waals surface area contributed by atoms with Gasteiger partial charge in [0.1, 0.15) is 0 Å². The Morgan fingerprint density at radius 1 is 1.11 bits per heavy atom. The first-order valence-electron chi connectivity index (χ1n) is 5.29. The van der Waals surface area contributed by atoms with Gasteiger partial charge in [0.2, 0.25) is 0 Å². The third-order valence-corrected chi connectivity index (χ3v) is 3.51. The highest BCUT2D eigenvalue weighted by Crippen LogP contribution is 2.29. The van der Waals surface area contributed by atoms with Crippen LogP contribution in [0.4, 0.5) is 0 Å². The average Bonchev–Trinajstić information content (AvgIpc) is 2.35. The third kappa shape index (κ3) is 3.15. The van der Waals surface area contributed by atoms with E-state index in [1.54, 1.807) is 36.7 Å². The fourth-order valence-corrected chi connectivity index (χ4v) is 2.28. The molecule has 0 saturated carbocycles. The van der Waals surface area contributed by atoms with E-state index in [-0.39, 0.29) is 0 Å². The Morgan fingerprint density at radius 3 is 2.61 bits per heavy atom. The summed E-state index contributed by atoms with van der Waals surface area (Å²) in [6, 6.07) is 6.77. The van der Waals surface area contributed by atoms with Crippen molar-refractivity contribution in [2.24, 2.45) is 0 Å². The fourth-order valence-electron chi connectivity index (χ4n) is 1.66. The summed E-state index contributed by atoms with van der Waals surface area (Å²) >= 11 is 17.9. The molecule has 0 radical (unpaired) electrons. The molecule has 5 heteroatoms. The molecule has 1 unspecified atom stereocenters. The molecule has 2 nitrogen and oxygen atoms in total. The van der Waals surface area contributed by atoms with E-state index in [1.165, 1.54) is 0 Å². The minimum Gasteiger partial charge on any atom is -0.388 e. The van der Waals surface area contributed by atoms with Crippen LogP contribution >= 0.6 is 34.8 Å². The summed E-state index contributed by atoms with van der Waals surface area (Å²) in [5, 5.41) is 11.7. The highest BCUT2D eigenvalue weighted by Gasteiger charge is 2.14. The quantitative estimate of drug-likeness (QED) is 0.916. The van der Waals surface area contributed by atoms with Gasteiger partial charge < -0.3 is 5.11 Å². The normalized spacial score (nSPS) is 12.4. The summed E-state index contributed by atoms with van der Waals surface area (Å²) in [7, 11) is 0. The van der Waals surface area contributed by atoms with Crippen LogP contribution in [0.25, 0.3) is 0 Å². The Balaban J connectivity index is 2.25. The van der Waals surface area contributed by atoms with E-state index in [9.17, 15) is 5.11 Å². The number of hydrogen-bond acceptors (Lipinski definition) is 2. The highest BCUT2D eigenvalue weighted by molar-refractivity contribution is 6.33. The Labute approximate surface area is 120 Å². The van der Waals surface area contributed by atoms with Crippen LogP contribution in [0.15, 0.2) is 36.7 Å². The van der Waals surface area contributed by atoms with Crippen LogP contribution in [0.3, 0.4) is 0 Å². The largest absolute Gasteiger partial charge is 0.388 e. The molecule has 1 aromatic heterocycles. The summed E-state index contributed by atoms with van der Waals surface area (Å²) in [6.45, 7) is 0. The fraction of sp³-hybridized carbons (Fsp3) is 0.154. The SMILES string of the molecule is OC(Cc1ccncc1Cl)c1cc(Cl)ccc1Cl. The highest BCUT2D eigenvalue weighted by atomic mass is 35.5. The molecule has 1 aromatic carbocycles. The van der Waals surface area contributed by atoms with Crippen molar-refractivity contribution in [2.45, 2.75) is 12.5 Å². The molecule has 1 N–H and O–H groups in total. The molecule has 1 heterocycles. The molecule has 0 amide bonds. The molecular weight excluding hydrogens is 293 g/mol. The number of hydrogen-bond donors (Lipinski definition) is 1. The average molecular weight is 303 g/mol. The van der Waals surface area contributed by atoms with Crippen molar-refractivity contribution in [1.29, 1.82) is 0 Å². The summed E-state index contributed by atoms with van der Waals surface area (Å²) in [6.07, 6.45) is 2.79. The van der Waals surface area contributed by atoms with E-state index in [2.05, 4.69) is 4.98 Å². The van der Waals surface area contributed by atoms with Crippen LogP contribution < -0.4 is 0 Å². The number of benzene rings is 1. The van der Waals surface area contributed by atoms with Gasteiger partial charge in [-0.25, -0.2) is 0 Å². The Hall–Kier alpha value is -0.800. The first-order valence-corrected chi connectivity index (χ1v) is 6.42. The zero-order valence-corrected chi connectivity index (χ0v) is 11.5. The van der Waals surface area contributed by atoms with Crippen LogP contribution in [0.5, 0.6) is 0 Å². The van der Waals surface area contributed by atoms with Crippen molar-refractivity contribution in [3.05, 3.63) is 62.9 Å². The van der Waals surface area contributed by atoms with Gasteiger partial charge in [-0.3, -0.25) is 4.98 Å². The van der Waals surface area contributed by atoms with E-state index in [1.807, 2.05) is 0 Å². The molecule has 94 valence electrons. The number of pyridine rings is 1. The lowest BCUT2D eigenvalue weighted by molar-refractivity contribution is 0.178. The lowest BCUT2D eigenvalue weighted by Crippen LogP contribution is -2.03. The molecule has 2 aromatic rings. The van der Waals surface area contributed by atoms with Crippen molar-refractivity contribution in [3.63, 3.8) is 0 Å². The summed E-state index contributed by atoms with van der Waals surface area (Å²) in [5.74, 6) is 0. The molecule has 0 aliphatic carbocycles. The lowest BCUT2D eigenvalue weighted by atomic mass is 10.0. The standard InChI is InChI=1S/C13H10Cl3NO/c14-9-1-2-11(15)10(6-9)13(18)5-8-3-4-17-7-12(8)16/h1-4,6-7,13,18H,5H2. The molecule has 0 aliphatic rings. The maximum atomic E-state index is 10.2. The molecule has 18 heavy (non-hydrogen) atoms. The minimum absolute atomic E-state index is 0.363. The third-order valence-electron chi connectivity index (χ3n) is 2.59. The molecule has 1 atom stereocenters. The number of halogens is 3. The number of aliphatic hydroxyl groups is 1.